The number of methoxy groups -OCH3 is 2. The van der Waals surface area contributed by atoms with Gasteiger partial charge >= 0.3 is 0 Å². The van der Waals surface area contributed by atoms with Crippen molar-refractivity contribution in [2.75, 3.05) is 14.2 Å². The van der Waals surface area contributed by atoms with Crippen LogP contribution in [0.25, 0.3) is 11.6 Å². The van der Waals surface area contributed by atoms with Crippen LogP contribution in [0, 0.1) is 11.3 Å². The predicted octanol–water partition coefficient (Wildman–Crippen LogP) is 6.65. The summed E-state index contributed by atoms with van der Waals surface area (Å²) < 4.78 is 16.6. The molecule has 30 heavy (non-hydrogen) atoms. The Hall–Kier alpha value is -3.13. The molecule has 3 aromatic rings. The fourth-order valence-electron chi connectivity index (χ4n) is 2.84. The van der Waals surface area contributed by atoms with E-state index in [9.17, 15) is 5.26 Å². The van der Waals surface area contributed by atoms with Gasteiger partial charge in [-0.1, -0.05) is 35.3 Å². The van der Waals surface area contributed by atoms with Crippen LogP contribution in [0.4, 0.5) is 0 Å². The summed E-state index contributed by atoms with van der Waals surface area (Å²) in [5.74, 6) is 1.75. The van der Waals surface area contributed by atoms with Crippen LogP contribution in [0.15, 0.2) is 60.7 Å². The lowest BCUT2D eigenvalue weighted by Gasteiger charge is -2.12. The molecule has 6 heteroatoms. The maximum atomic E-state index is 9.75. The molecule has 4 nitrogen and oxygen atoms in total. The van der Waals surface area contributed by atoms with E-state index >= 15 is 0 Å². The maximum absolute atomic E-state index is 9.75. The second kappa shape index (κ2) is 10.1. The molecule has 0 spiro atoms. The number of halogens is 2. The molecule has 0 saturated carbocycles. The third kappa shape index (κ3) is 5.27. The van der Waals surface area contributed by atoms with Crippen molar-refractivity contribution >= 4 is 34.9 Å². The molecule has 0 radical (unpaired) electrons. The molecule has 0 aliphatic heterocycles. The lowest BCUT2D eigenvalue weighted by molar-refractivity contribution is 0.305. The first-order valence-electron chi connectivity index (χ1n) is 9.05. The molecule has 152 valence electrons. The number of benzene rings is 3. The third-order valence-corrected chi connectivity index (χ3v) is 4.88. The van der Waals surface area contributed by atoms with Crippen molar-refractivity contribution in [3.63, 3.8) is 0 Å². The molecule has 0 heterocycles. The number of allylic oxidation sites excluding steroid dienone is 1. The molecule has 0 saturated heterocycles. The Morgan fingerprint density at radius 1 is 0.867 bits per heavy atom. The summed E-state index contributed by atoms with van der Waals surface area (Å²) in [6, 6.07) is 20.3. The summed E-state index contributed by atoms with van der Waals surface area (Å²) in [7, 11) is 3.12. The first-order valence-corrected chi connectivity index (χ1v) is 9.80. The van der Waals surface area contributed by atoms with Crippen LogP contribution >= 0.6 is 23.2 Å². The molecule has 0 fully saturated rings. The van der Waals surface area contributed by atoms with Gasteiger partial charge < -0.3 is 14.2 Å². The van der Waals surface area contributed by atoms with Crippen LogP contribution in [-0.2, 0) is 6.61 Å². The Bertz CT molecular complexity index is 1100. The zero-order valence-electron chi connectivity index (χ0n) is 16.5. The SMILES string of the molecule is COc1ccc(/C(C#N)=C/c2cc(Cl)ccc2OCc2ccc(Cl)cc2)cc1OC. The van der Waals surface area contributed by atoms with E-state index in [0.29, 0.717) is 50.6 Å². The van der Waals surface area contributed by atoms with Gasteiger partial charge in [-0.2, -0.15) is 5.26 Å². The molecule has 0 aromatic heterocycles. The van der Waals surface area contributed by atoms with E-state index in [0.717, 1.165) is 5.56 Å². The van der Waals surface area contributed by atoms with Crippen molar-refractivity contribution in [1.29, 1.82) is 5.26 Å². The second-order valence-corrected chi connectivity index (χ2v) is 7.21. The van der Waals surface area contributed by atoms with Gasteiger partial charge in [-0.25, -0.2) is 0 Å². The lowest BCUT2D eigenvalue weighted by atomic mass is 10.0. The highest BCUT2D eigenvalue weighted by Gasteiger charge is 2.10. The summed E-state index contributed by atoms with van der Waals surface area (Å²) in [6.45, 7) is 0.359. The average Bonchev–Trinajstić information content (AvgIpc) is 2.77. The van der Waals surface area contributed by atoms with Gasteiger partial charge in [0.05, 0.1) is 25.9 Å². The van der Waals surface area contributed by atoms with Crippen LogP contribution in [0.3, 0.4) is 0 Å². The number of nitriles is 1. The van der Waals surface area contributed by atoms with E-state index in [4.69, 9.17) is 37.4 Å². The Morgan fingerprint density at radius 3 is 2.20 bits per heavy atom. The van der Waals surface area contributed by atoms with Crippen molar-refractivity contribution in [2.45, 2.75) is 6.61 Å². The van der Waals surface area contributed by atoms with Crippen LogP contribution in [-0.4, -0.2) is 14.2 Å². The molecule has 0 aliphatic carbocycles. The van der Waals surface area contributed by atoms with Gasteiger partial charge in [-0.15, -0.1) is 0 Å². The smallest absolute Gasteiger partial charge is 0.161 e. The number of nitrogens with zero attached hydrogens (tertiary/aromatic N) is 1. The first kappa shape index (κ1) is 21.6. The van der Waals surface area contributed by atoms with Gasteiger partial charge in [-0.05, 0) is 65.7 Å². The van der Waals surface area contributed by atoms with Crippen molar-refractivity contribution in [1.82, 2.24) is 0 Å². The normalized spacial score (nSPS) is 11.0. The molecule has 0 unspecified atom stereocenters. The van der Waals surface area contributed by atoms with Crippen molar-refractivity contribution in [3.05, 3.63) is 87.4 Å². The Morgan fingerprint density at radius 2 is 1.53 bits per heavy atom. The fraction of sp³-hybridized carbons (Fsp3) is 0.125. The molecule has 3 rings (SSSR count). The second-order valence-electron chi connectivity index (χ2n) is 6.34. The fourth-order valence-corrected chi connectivity index (χ4v) is 3.15. The molecule has 0 atom stereocenters. The van der Waals surface area contributed by atoms with E-state index in [-0.39, 0.29) is 0 Å². The van der Waals surface area contributed by atoms with Crippen LogP contribution < -0.4 is 14.2 Å². The monoisotopic (exact) mass is 439 g/mol. The van der Waals surface area contributed by atoms with Gasteiger partial charge in [0.15, 0.2) is 11.5 Å². The summed E-state index contributed by atoms with van der Waals surface area (Å²) in [6.07, 6.45) is 1.74. The number of hydrogen-bond donors (Lipinski definition) is 0. The van der Waals surface area contributed by atoms with Gasteiger partial charge in [0, 0.05) is 15.6 Å². The van der Waals surface area contributed by atoms with Crippen LogP contribution in [0.5, 0.6) is 17.2 Å². The topological polar surface area (TPSA) is 51.5 Å². The Kier molecular flexibility index (Phi) is 7.24. The van der Waals surface area contributed by atoms with Gasteiger partial charge in [0.1, 0.15) is 12.4 Å². The predicted molar refractivity (Wildman–Crippen MR) is 120 cm³/mol. The summed E-state index contributed by atoms with van der Waals surface area (Å²) in [4.78, 5) is 0. The van der Waals surface area contributed by atoms with Crippen molar-refractivity contribution < 1.29 is 14.2 Å². The largest absolute Gasteiger partial charge is 0.493 e. The quantitative estimate of drug-likeness (QED) is 0.305. The van der Waals surface area contributed by atoms with E-state index < -0.39 is 0 Å². The van der Waals surface area contributed by atoms with Gasteiger partial charge in [0.25, 0.3) is 0 Å². The molecular formula is C24H19Cl2NO3. The Balaban J connectivity index is 1.93. The molecule has 3 aromatic carbocycles. The van der Waals surface area contributed by atoms with E-state index in [1.807, 2.05) is 24.3 Å². The molecular weight excluding hydrogens is 421 g/mol. The van der Waals surface area contributed by atoms with Crippen LogP contribution in [0.1, 0.15) is 16.7 Å². The Labute approximate surface area is 185 Å². The highest BCUT2D eigenvalue weighted by Crippen LogP contribution is 2.33. The summed E-state index contributed by atoms with van der Waals surface area (Å²) in [5.41, 5.74) is 2.81. The minimum absolute atomic E-state index is 0.359. The van der Waals surface area contributed by atoms with Gasteiger partial charge in [0.2, 0.25) is 0 Å². The maximum Gasteiger partial charge on any atom is 0.161 e. The van der Waals surface area contributed by atoms with Crippen LogP contribution in [0.2, 0.25) is 10.0 Å². The summed E-state index contributed by atoms with van der Waals surface area (Å²) in [5, 5.41) is 11.0. The number of rotatable bonds is 7. The highest BCUT2D eigenvalue weighted by atomic mass is 35.5. The van der Waals surface area contributed by atoms with Crippen molar-refractivity contribution in [2.24, 2.45) is 0 Å². The van der Waals surface area contributed by atoms with Gasteiger partial charge in [-0.3, -0.25) is 0 Å². The minimum atomic E-state index is 0.359. The minimum Gasteiger partial charge on any atom is -0.493 e. The highest BCUT2D eigenvalue weighted by molar-refractivity contribution is 6.31. The molecule has 0 bridgehead atoms. The molecule has 0 N–H and O–H groups in total. The first-order chi connectivity index (χ1) is 14.5. The van der Waals surface area contributed by atoms with E-state index in [1.165, 1.54) is 0 Å². The molecule has 0 amide bonds. The summed E-state index contributed by atoms with van der Waals surface area (Å²) >= 11 is 12.1. The standard InChI is InChI=1S/C24H19Cl2NO3/c1-28-23-9-5-17(13-24(23)29-2)19(14-27)11-18-12-21(26)8-10-22(18)30-15-16-3-6-20(25)7-4-16/h3-13H,15H2,1-2H3/b19-11+. The number of ether oxygens (including phenoxy) is 3. The average molecular weight is 440 g/mol. The third-order valence-electron chi connectivity index (χ3n) is 4.39. The van der Waals surface area contributed by atoms with Crippen molar-refractivity contribution in [3.8, 4) is 23.3 Å². The number of hydrogen-bond acceptors (Lipinski definition) is 4. The molecule has 0 aliphatic rings. The lowest BCUT2D eigenvalue weighted by Crippen LogP contribution is -1.97. The zero-order valence-corrected chi connectivity index (χ0v) is 18.0. The van der Waals surface area contributed by atoms with E-state index in [2.05, 4.69) is 6.07 Å². The van der Waals surface area contributed by atoms with E-state index in [1.54, 1.807) is 56.7 Å². The zero-order chi connectivity index (χ0) is 21.5.